The highest BCUT2D eigenvalue weighted by molar-refractivity contribution is 5.69. The van der Waals surface area contributed by atoms with Crippen molar-refractivity contribution < 1.29 is 16.0 Å². The lowest BCUT2D eigenvalue weighted by Gasteiger charge is -2.28. The van der Waals surface area contributed by atoms with E-state index >= 15 is 0 Å². The fraction of sp³-hybridized carbons (Fsp3) is 0.900. The summed E-state index contributed by atoms with van der Waals surface area (Å²) in [6.07, 6.45) is -0.118. The molecule has 1 aliphatic rings. The van der Waals surface area contributed by atoms with Crippen molar-refractivity contribution >= 4 is 6.09 Å². The van der Waals surface area contributed by atoms with Gasteiger partial charge in [-0.15, -0.1) is 0 Å². The summed E-state index contributed by atoms with van der Waals surface area (Å²) >= 11 is 0. The molecule has 0 saturated carbocycles. The van der Waals surface area contributed by atoms with E-state index in [0.29, 0.717) is 12.8 Å². The van der Waals surface area contributed by atoms with Crippen LogP contribution in [0.4, 0.5) is 4.79 Å². The second-order valence-corrected chi connectivity index (χ2v) is 4.60. The quantitative estimate of drug-likeness (QED) is 0.652. The molecule has 4 nitrogen and oxygen atoms in total. The summed E-state index contributed by atoms with van der Waals surface area (Å²) in [7, 11) is 0. The molecule has 1 N–H and O–H groups in total. The molecule has 0 aliphatic carbocycles. The van der Waals surface area contributed by atoms with Crippen LogP contribution in [0.2, 0.25) is 0 Å². The van der Waals surface area contributed by atoms with Crippen molar-refractivity contribution in [3.63, 3.8) is 0 Å². The van der Waals surface area contributed by atoms with Crippen LogP contribution < -0.4 is 0 Å². The third-order valence-electron chi connectivity index (χ3n) is 2.08. The van der Waals surface area contributed by atoms with Gasteiger partial charge in [0.05, 0.1) is 0 Å². The molecule has 1 unspecified atom stereocenters. The molecule has 0 aromatic rings. The Kier molecular flexibility index (Phi) is 2.63. The number of hydrogen-bond donors (Lipinski definition) is 1. The maximum atomic E-state index is 11.7. The first-order valence-electron chi connectivity index (χ1n) is 5.54. The number of ether oxygens (including phenoxy) is 1. The normalized spacial score (nSPS) is 28.9. The minimum atomic E-state index is -0.796. The van der Waals surface area contributed by atoms with Gasteiger partial charge in [0.2, 0.25) is 0 Å². The summed E-state index contributed by atoms with van der Waals surface area (Å²) in [5.74, 6) is 0. The molecule has 0 radical (unpaired) electrons. The number of rotatable bonds is 0. The van der Waals surface area contributed by atoms with Crippen LogP contribution in [0.25, 0.3) is 0 Å². The minimum Gasteiger partial charge on any atom is -0.444 e. The van der Waals surface area contributed by atoms with Crippen molar-refractivity contribution in [3.8, 4) is 0 Å². The SMILES string of the molecule is [3H]C[C@@H]1CCC(O)N1C(=O)OC(C)(C)C. The van der Waals surface area contributed by atoms with Gasteiger partial charge < -0.3 is 9.84 Å². The van der Waals surface area contributed by atoms with Crippen molar-refractivity contribution in [1.29, 1.82) is 0 Å². The molecule has 1 saturated heterocycles. The lowest BCUT2D eigenvalue weighted by Crippen LogP contribution is -2.43. The number of likely N-dealkylation sites (tertiary alicyclic amines) is 1. The van der Waals surface area contributed by atoms with Gasteiger partial charge >= 0.3 is 6.09 Å². The maximum Gasteiger partial charge on any atom is 0.412 e. The number of amides is 1. The average molecular weight is 203 g/mol. The van der Waals surface area contributed by atoms with Crippen LogP contribution in [0, 0.1) is 0 Å². The summed E-state index contributed by atoms with van der Waals surface area (Å²) in [6, 6.07) is -0.213. The molecule has 1 rings (SSSR count). The fourth-order valence-electron chi connectivity index (χ4n) is 1.45. The first-order chi connectivity index (χ1) is 6.85. The van der Waals surface area contributed by atoms with Crippen LogP contribution in [0.1, 0.15) is 41.9 Å². The third-order valence-corrected chi connectivity index (χ3v) is 2.08. The Bertz CT molecular complexity index is 239. The van der Waals surface area contributed by atoms with Crippen LogP contribution in [0.3, 0.4) is 0 Å². The average Bonchev–Trinajstić information content (AvgIpc) is 2.43. The van der Waals surface area contributed by atoms with E-state index in [4.69, 9.17) is 6.11 Å². The molecular formula is C10H19NO3. The van der Waals surface area contributed by atoms with Gasteiger partial charge in [-0.3, -0.25) is 4.90 Å². The number of aliphatic hydroxyl groups is 1. The van der Waals surface area contributed by atoms with E-state index in [2.05, 4.69) is 0 Å². The Labute approximate surface area is 86.3 Å². The molecule has 2 atom stereocenters. The number of carbonyl (C=O) groups is 1. The van der Waals surface area contributed by atoms with Gasteiger partial charge in [0.1, 0.15) is 11.8 Å². The van der Waals surface area contributed by atoms with Crippen LogP contribution in [0.15, 0.2) is 0 Å². The first-order valence-corrected chi connectivity index (χ1v) is 4.84. The van der Waals surface area contributed by atoms with Crippen molar-refractivity contribution in [2.75, 3.05) is 0 Å². The highest BCUT2D eigenvalue weighted by atomic mass is 16.6. The molecule has 14 heavy (non-hydrogen) atoms. The zero-order valence-corrected chi connectivity index (χ0v) is 8.99. The summed E-state index contributed by atoms with van der Waals surface area (Å²) in [5, 5.41) is 9.60. The van der Waals surface area contributed by atoms with Crippen molar-refractivity contribution in [2.45, 2.75) is 58.4 Å². The summed E-state index contributed by atoms with van der Waals surface area (Å²) in [6.45, 7) is 5.45. The summed E-state index contributed by atoms with van der Waals surface area (Å²) in [4.78, 5) is 13.0. The van der Waals surface area contributed by atoms with E-state index < -0.39 is 17.9 Å². The highest BCUT2D eigenvalue weighted by Gasteiger charge is 2.35. The Morgan fingerprint density at radius 2 is 2.21 bits per heavy atom. The van der Waals surface area contributed by atoms with E-state index in [1.54, 1.807) is 20.8 Å². The topological polar surface area (TPSA) is 49.8 Å². The largest absolute Gasteiger partial charge is 0.444 e. The van der Waals surface area contributed by atoms with Gasteiger partial charge in [-0.1, -0.05) is 0 Å². The standard InChI is InChI=1S/C10H19NO3/c1-7-5-6-8(12)11(7)9(13)14-10(2,3)4/h7-8,12H,5-6H2,1-4H3/t7-,8?/m1/s1/i1T. The molecular weight excluding hydrogens is 182 g/mol. The van der Waals surface area contributed by atoms with Crippen molar-refractivity contribution in [1.82, 2.24) is 4.90 Å². The summed E-state index contributed by atoms with van der Waals surface area (Å²) < 4.78 is 12.5. The Hall–Kier alpha value is -0.770. The predicted octanol–water partition coefficient (Wildman–Crippen LogP) is 1.72. The predicted molar refractivity (Wildman–Crippen MR) is 52.8 cm³/mol. The molecule has 0 spiro atoms. The molecule has 82 valence electrons. The number of nitrogens with zero attached hydrogens (tertiary/aromatic N) is 1. The number of aliphatic hydroxyl groups excluding tert-OH is 1. The highest BCUT2D eigenvalue weighted by Crippen LogP contribution is 2.24. The Morgan fingerprint density at radius 1 is 1.57 bits per heavy atom. The smallest absolute Gasteiger partial charge is 0.412 e. The zero-order valence-electron chi connectivity index (χ0n) is 9.99. The summed E-state index contributed by atoms with van der Waals surface area (Å²) in [5.41, 5.74) is -0.564. The van der Waals surface area contributed by atoms with E-state index in [9.17, 15) is 9.90 Å². The molecule has 1 aliphatic heterocycles. The second kappa shape index (κ2) is 3.77. The fourth-order valence-corrected chi connectivity index (χ4v) is 1.45. The molecule has 1 heterocycles. The Morgan fingerprint density at radius 3 is 2.71 bits per heavy atom. The van der Waals surface area contributed by atoms with Gasteiger partial charge in [-0.2, -0.15) is 0 Å². The minimum absolute atomic E-state index is 0.107. The lowest BCUT2D eigenvalue weighted by molar-refractivity contribution is -0.0222. The first kappa shape index (κ1) is 9.77. The van der Waals surface area contributed by atoms with E-state index in [0.717, 1.165) is 0 Å². The van der Waals surface area contributed by atoms with Crippen LogP contribution in [0.5, 0.6) is 0 Å². The van der Waals surface area contributed by atoms with Gasteiger partial charge in [0.25, 0.3) is 0 Å². The van der Waals surface area contributed by atoms with Gasteiger partial charge in [0, 0.05) is 7.41 Å². The van der Waals surface area contributed by atoms with Crippen LogP contribution in [-0.4, -0.2) is 34.0 Å². The van der Waals surface area contributed by atoms with E-state index in [1.807, 2.05) is 0 Å². The van der Waals surface area contributed by atoms with Gasteiger partial charge in [0.15, 0.2) is 0 Å². The lowest BCUT2D eigenvalue weighted by atomic mass is 10.2. The van der Waals surface area contributed by atoms with E-state index in [-0.39, 0.29) is 12.9 Å². The van der Waals surface area contributed by atoms with Crippen LogP contribution >= 0.6 is 0 Å². The number of hydrogen-bond acceptors (Lipinski definition) is 3. The molecule has 0 aromatic heterocycles. The van der Waals surface area contributed by atoms with Crippen LogP contribution in [-0.2, 0) is 4.74 Å². The molecule has 1 fully saturated rings. The zero-order chi connectivity index (χ0) is 11.6. The van der Waals surface area contributed by atoms with Gasteiger partial charge in [-0.05, 0) is 40.5 Å². The Balaban J connectivity index is 2.64. The van der Waals surface area contributed by atoms with Gasteiger partial charge in [-0.25, -0.2) is 4.79 Å². The molecule has 0 aromatic carbocycles. The monoisotopic (exact) mass is 203 g/mol. The number of carbonyl (C=O) groups excluding carboxylic acids is 1. The molecule has 4 heteroatoms. The van der Waals surface area contributed by atoms with Crippen molar-refractivity contribution in [2.24, 2.45) is 0 Å². The van der Waals surface area contributed by atoms with Crippen molar-refractivity contribution in [3.05, 3.63) is 0 Å². The van der Waals surface area contributed by atoms with E-state index in [1.165, 1.54) is 4.90 Å². The molecule has 1 amide bonds. The second-order valence-electron chi connectivity index (χ2n) is 4.60. The maximum absolute atomic E-state index is 11.7. The molecule has 0 bridgehead atoms. The third kappa shape index (κ3) is 2.61.